The molecular weight excluding hydrogens is 252 g/mol. The molecule has 0 saturated carbocycles. The normalized spacial score (nSPS) is 19.4. The summed E-state index contributed by atoms with van der Waals surface area (Å²) in [6.07, 6.45) is 2.40. The molecule has 2 heterocycles. The van der Waals surface area contributed by atoms with E-state index < -0.39 is 0 Å². The number of hydrogen-bond acceptors (Lipinski definition) is 4. The Labute approximate surface area is 114 Å². The quantitative estimate of drug-likeness (QED) is 0.894. The SMILES string of the molecule is CN1CCC(Nc2ccc3c(c2)OCO3)CC1.Cl. The minimum absolute atomic E-state index is 0. The topological polar surface area (TPSA) is 33.7 Å². The third kappa shape index (κ3) is 2.82. The molecule has 2 aliphatic rings. The summed E-state index contributed by atoms with van der Waals surface area (Å²) < 4.78 is 10.7. The number of fused-ring (bicyclic) bond motifs is 1. The van der Waals surface area contributed by atoms with Crippen molar-refractivity contribution >= 4 is 18.1 Å². The first kappa shape index (κ1) is 13.3. The summed E-state index contributed by atoms with van der Waals surface area (Å²) >= 11 is 0. The van der Waals surface area contributed by atoms with Crippen molar-refractivity contribution in [3.8, 4) is 11.5 Å². The van der Waals surface area contributed by atoms with Gasteiger partial charge in [-0.3, -0.25) is 0 Å². The van der Waals surface area contributed by atoms with Gasteiger partial charge < -0.3 is 19.7 Å². The van der Waals surface area contributed by atoms with Gasteiger partial charge >= 0.3 is 0 Å². The molecule has 0 bridgehead atoms. The van der Waals surface area contributed by atoms with E-state index in [0.717, 1.165) is 17.2 Å². The van der Waals surface area contributed by atoms with E-state index in [0.29, 0.717) is 12.8 Å². The number of rotatable bonds is 2. The second kappa shape index (κ2) is 5.67. The Kier molecular flexibility index (Phi) is 4.19. The van der Waals surface area contributed by atoms with Gasteiger partial charge in [0.25, 0.3) is 0 Å². The Bertz CT molecular complexity index is 406. The van der Waals surface area contributed by atoms with Crippen LogP contribution >= 0.6 is 12.4 Å². The van der Waals surface area contributed by atoms with Gasteiger partial charge in [0.2, 0.25) is 6.79 Å². The van der Waals surface area contributed by atoms with Crippen molar-refractivity contribution in [2.24, 2.45) is 0 Å². The zero-order chi connectivity index (χ0) is 11.7. The summed E-state index contributed by atoms with van der Waals surface area (Å²) in [5.74, 6) is 1.70. The highest BCUT2D eigenvalue weighted by molar-refractivity contribution is 5.85. The highest BCUT2D eigenvalue weighted by Crippen LogP contribution is 2.34. The number of likely N-dealkylation sites (tertiary alicyclic amines) is 1. The van der Waals surface area contributed by atoms with Gasteiger partial charge in [-0.2, -0.15) is 0 Å². The summed E-state index contributed by atoms with van der Waals surface area (Å²) in [5, 5.41) is 3.57. The second-order valence-corrected chi connectivity index (χ2v) is 4.79. The molecule has 0 spiro atoms. The molecule has 5 heteroatoms. The molecule has 1 aromatic rings. The first-order chi connectivity index (χ1) is 8.31. The van der Waals surface area contributed by atoms with Crippen LogP contribution in [0.4, 0.5) is 5.69 Å². The molecule has 1 N–H and O–H groups in total. The summed E-state index contributed by atoms with van der Waals surface area (Å²) in [4.78, 5) is 2.37. The van der Waals surface area contributed by atoms with Crippen molar-refractivity contribution < 1.29 is 9.47 Å². The zero-order valence-electron chi connectivity index (χ0n) is 10.5. The van der Waals surface area contributed by atoms with Crippen LogP contribution in [0.25, 0.3) is 0 Å². The Morgan fingerprint density at radius 3 is 2.67 bits per heavy atom. The molecule has 1 fully saturated rings. The Morgan fingerprint density at radius 2 is 1.89 bits per heavy atom. The second-order valence-electron chi connectivity index (χ2n) is 4.79. The van der Waals surface area contributed by atoms with Crippen LogP contribution in [-0.2, 0) is 0 Å². The van der Waals surface area contributed by atoms with E-state index in [4.69, 9.17) is 9.47 Å². The summed E-state index contributed by atoms with van der Waals surface area (Å²) in [6.45, 7) is 2.68. The van der Waals surface area contributed by atoms with Crippen molar-refractivity contribution in [3.63, 3.8) is 0 Å². The van der Waals surface area contributed by atoms with Gasteiger partial charge in [0.05, 0.1) is 0 Å². The lowest BCUT2D eigenvalue weighted by Crippen LogP contribution is -2.36. The molecular formula is C13H19ClN2O2. The van der Waals surface area contributed by atoms with Crippen molar-refractivity contribution in [1.29, 1.82) is 0 Å². The van der Waals surface area contributed by atoms with Crippen LogP contribution < -0.4 is 14.8 Å². The van der Waals surface area contributed by atoms with Crippen molar-refractivity contribution in [2.45, 2.75) is 18.9 Å². The third-order valence-electron chi connectivity index (χ3n) is 3.46. The van der Waals surface area contributed by atoms with Crippen molar-refractivity contribution in [2.75, 3.05) is 32.2 Å². The molecule has 0 radical (unpaired) electrons. The van der Waals surface area contributed by atoms with E-state index in [9.17, 15) is 0 Å². The molecule has 0 aliphatic carbocycles. The fourth-order valence-corrected chi connectivity index (χ4v) is 2.37. The molecule has 1 saturated heterocycles. The maximum Gasteiger partial charge on any atom is 0.231 e. The summed E-state index contributed by atoms with van der Waals surface area (Å²) in [7, 11) is 2.18. The van der Waals surface area contributed by atoms with Gasteiger partial charge in [0.1, 0.15) is 0 Å². The van der Waals surface area contributed by atoms with Crippen LogP contribution in [0.3, 0.4) is 0 Å². The smallest absolute Gasteiger partial charge is 0.231 e. The number of anilines is 1. The van der Waals surface area contributed by atoms with E-state index in [2.05, 4.69) is 23.3 Å². The van der Waals surface area contributed by atoms with Gasteiger partial charge in [-0.05, 0) is 45.1 Å². The minimum Gasteiger partial charge on any atom is -0.454 e. The lowest BCUT2D eigenvalue weighted by Gasteiger charge is -2.30. The Balaban J connectivity index is 0.00000120. The number of nitrogens with one attached hydrogen (secondary N) is 1. The predicted molar refractivity (Wildman–Crippen MR) is 74.0 cm³/mol. The fourth-order valence-electron chi connectivity index (χ4n) is 2.37. The monoisotopic (exact) mass is 270 g/mol. The van der Waals surface area contributed by atoms with Gasteiger partial charge in [-0.25, -0.2) is 0 Å². The largest absolute Gasteiger partial charge is 0.454 e. The maximum atomic E-state index is 5.37. The zero-order valence-corrected chi connectivity index (χ0v) is 11.3. The fraction of sp³-hybridized carbons (Fsp3) is 0.538. The van der Waals surface area contributed by atoms with E-state index in [1.165, 1.54) is 25.9 Å². The van der Waals surface area contributed by atoms with Crippen LogP contribution in [-0.4, -0.2) is 37.9 Å². The van der Waals surface area contributed by atoms with Gasteiger partial charge in [0, 0.05) is 17.8 Å². The van der Waals surface area contributed by atoms with Crippen LogP contribution in [0.15, 0.2) is 18.2 Å². The molecule has 100 valence electrons. The Morgan fingerprint density at radius 1 is 1.17 bits per heavy atom. The summed E-state index contributed by atoms with van der Waals surface area (Å²) in [6, 6.07) is 6.64. The van der Waals surface area contributed by atoms with Crippen LogP contribution in [0.1, 0.15) is 12.8 Å². The number of nitrogens with zero attached hydrogens (tertiary/aromatic N) is 1. The average Bonchev–Trinajstić information content (AvgIpc) is 2.79. The van der Waals surface area contributed by atoms with Gasteiger partial charge in [-0.1, -0.05) is 0 Å². The van der Waals surface area contributed by atoms with E-state index in [1.807, 2.05) is 12.1 Å². The average molecular weight is 271 g/mol. The molecule has 18 heavy (non-hydrogen) atoms. The lowest BCUT2D eigenvalue weighted by molar-refractivity contribution is 0.174. The predicted octanol–water partition coefficient (Wildman–Crippen LogP) is 2.34. The lowest BCUT2D eigenvalue weighted by atomic mass is 10.1. The maximum absolute atomic E-state index is 5.37. The highest BCUT2D eigenvalue weighted by atomic mass is 35.5. The molecule has 4 nitrogen and oxygen atoms in total. The first-order valence-corrected chi connectivity index (χ1v) is 6.16. The number of ether oxygens (including phenoxy) is 2. The molecule has 1 aromatic carbocycles. The first-order valence-electron chi connectivity index (χ1n) is 6.16. The van der Waals surface area contributed by atoms with E-state index in [1.54, 1.807) is 0 Å². The third-order valence-corrected chi connectivity index (χ3v) is 3.46. The number of halogens is 1. The number of benzene rings is 1. The van der Waals surface area contributed by atoms with Crippen molar-refractivity contribution in [3.05, 3.63) is 18.2 Å². The number of piperidine rings is 1. The molecule has 0 amide bonds. The van der Waals surface area contributed by atoms with Gasteiger partial charge in [0.15, 0.2) is 11.5 Å². The summed E-state index contributed by atoms with van der Waals surface area (Å²) in [5.41, 5.74) is 1.13. The van der Waals surface area contributed by atoms with Gasteiger partial charge in [-0.15, -0.1) is 12.4 Å². The molecule has 0 atom stereocenters. The molecule has 0 unspecified atom stereocenters. The van der Waals surface area contributed by atoms with Crippen LogP contribution in [0, 0.1) is 0 Å². The minimum atomic E-state index is 0. The van der Waals surface area contributed by atoms with E-state index in [-0.39, 0.29) is 12.4 Å². The molecule has 3 rings (SSSR count). The van der Waals surface area contributed by atoms with Crippen molar-refractivity contribution in [1.82, 2.24) is 4.90 Å². The molecule has 0 aromatic heterocycles. The van der Waals surface area contributed by atoms with E-state index >= 15 is 0 Å². The number of hydrogen-bond donors (Lipinski definition) is 1. The standard InChI is InChI=1S/C13H18N2O2.ClH/c1-15-6-4-10(5-7-15)14-11-2-3-12-13(8-11)17-9-16-12;/h2-3,8,10,14H,4-7,9H2,1H3;1H. The van der Waals surface area contributed by atoms with Crippen LogP contribution in [0.2, 0.25) is 0 Å². The van der Waals surface area contributed by atoms with Crippen LogP contribution in [0.5, 0.6) is 11.5 Å². The highest BCUT2D eigenvalue weighted by Gasteiger charge is 2.18. The Hall–Kier alpha value is -1.13. The molecule has 2 aliphatic heterocycles.